The van der Waals surface area contributed by atoms with Crippen LogP contribution in [0.1, 0.15) is 23.0 Å². The van der Waals surface area contributed by atoms with Crippen molar-refractivity contribution in [3.05, 3.63) is 64.1 Å². The molecule has 0 saturated heterocycles. The van der Waals surface area contributed by atoms with Crippen LogP contribution in [0.15, 0.2) is 42.7 Å². The van der Waals surface area contributed by atoms with Crippen LogP contribution in [-0.4, -0.2) is 20.1 Å². The Morgan fingerprint density at radius 3 is 2.59 bits per heavy atom. The first-order chi connectivity index (χ1) is 10.5. The van der Waals surface area contributed by atoms with Crippen LogP contribution >= 0.6 is 0 Å². The minimum Gasteiger partial charge on any atom is -0.293 e. The number of carbonyl (C=O) groups is 1. The maximum atomic E-state index is 11.6. The van der Waals surface area contributed by atoms with Crippen LogP contribution in [0.5, 0.6) is 0 Å². The molecular formula is C16H13N3O3. The number of imidazole rings is 1. The smallest absolute Gasteiger partial charge is 0.293 e. The first-order valence-electron chi connectivity index (χ1n) is 6.72. The molecule has 0 amide bonds. The van der Waals surface area contributed by atoms with Gasteiger partial charge in [-0.1, -0.05) is 24.3 Å². The minimum atomic E-state index is -0.450. The number of hydrogen-bond donors (Lipinski definition) is 0. The van der Waals surface area contributed by atoms with E-state index in [0.29, 0.717) is 11.3 Å². The van der Waals surface area contributed by atoms with Crippen LogP contribution in [0.3, 0.4) is 0 Å². The molecular weight excluding hydrogens is 282 g/mol. The zero-order valence-corrected chi connectivity index (χ0v) is 12.1. The molecule has 0 atom stereocenters. The molecule has 2 heterocycles. The van der Waals surface area contributed by atoms with Crippen molar-refractivity contribution in [2.75, 3.05) is 0 Å². The standard InChI is InChI=1S/C16H13N3O3/c1-10-5-3-4-6-12(10)13-7-8-18-14(11(2)20)9-17-16(18)15(13)19(21)22/h3-9H,1-2H3. The Balaban J connectivity index is 2.38. The number of nitro groups is 1. The number of carbonyl (C=O) groups excluding carboxylic acids is 1. The number of hydrogen-bond acceptors (Lipinski definition) is 4. The number of ketones is 1. The number of pyridine rings is 1. The number of aromatic nitrogens is 2. The van der Waals surface area contributed by atoms with E-state index in [1.54, 1.807) is 12.3 Å². The maximum absolute atomic E-state index is 11.6. The van der Waals surface area contributed by atoms with Gasteiger partial charge in [-0.2, -0.15) is 0 Å². The van der Waals surface area contributed by atoms with E-state index in [2.05, 4.69) is 4.98 Å². The lowest BCUT2D eigenvalue weighted by atomic mass is 10.0. The lowest BCUT2D eigenvalue weighted by molar-refractivity contribution is -0.382. The van der Waals surface area contributed by atoms with E-state index >= 15 is 0 Å². The van der Waals surface area contributed by atoms with Gasteiger partial charge in [-0.25, -0.2) is 4.98 Å². The lowest BCUT2D eigenvalue weighted by Gasteiger charge is -2.08. The highest BCUT2D eigenvalue weighted by atomic mass is 16.6. The van der Waals surface area contributed by atoms with E-state index < -0.39 is 4.92 Å². The summed E-state index contributed by atoms with van der Waals surface area (Å²) >= 11 is 0. The van der Waals surface area contributed by atoms with E-state index in [-0.39, 0.29) is 17.1 Å². The highest BCUT2D eigenvalue weighted by Gasteiger charge is 2.24. The molecule has 0 spiro atoms. The molecule has 0 aliphatic rings. The van der Waals surface area contributed by atoms with Crippen LogP contribution in [0.25, 0.3) is 16.8 Å². The van der Waals surface area contributed by atoms with Gasteiger partial charge in [0.25, 0.3) is 0 Å². The topological polar surface area (TPSA) is 77.5 Å². The Hall–Kier alpha value is -3.02. The van der Waals surface area contributed by atoms with Gasteiger partial charge in [-0.15, -0.1) is 0 Å². The predicted molar refractivity (Wildman–Crippen MR) is 82.0 cm³/mol. The van der Waals surface area contributed by atoms with Crippen LogP contribution in [0, 0.1) is 17.0 Å². The van der Waals surface area contributed by atoms with E-state index in [1.807, 2.05) is 31.2 Å². The SMILES string of the molecule is CC(=O)c1cnc2c([N+](=O)[O-])c(-c3ccccc3C)ccn12. The van der Waals surface area contributed by atoms with Crippen molar-refractivity contribution in [2.45, 2.75) is 13.8 Å². The van der Waals surface area contributed by atoms with Gasteiger partial charge in [0.05, 0.1) is 16.7 Å². The molecule has 110 valence electrons. The van der Waals surface area contributed by atoms with Crippen LogP contribution < -0.4 is 0 Å². The molecule has 22 heavy (non-hydrogen) atoms. The molecule has 0 radical (unpaired) electrons. The fourth-order valence-corrected chi connectivity index (χ4v) is 2.57. The third-order valence-corrected chi connectivity index (χ3v) is 3.63. The second-order valence-corrected chi connectivity index (χ2v) is 5.04. The number of fused-ring (bicyclic) bond motifs is 1. The molecule has 0 aliphatic carbocycles. The summed E-state index contributed by atoms with van der Waals surface area (Å²) in [4.78, 5) is 26.8. The van der Waals surface area contributed by atoms with Gasteiger partial charge in [0.15, 0.2) is 5.78 Å². The van der Waals surface area contributed by atoms with Gasteiger partial charge >= 0.3 is 5.69 Å². The molecule has 0 fully saturated rings. The first-order valence-corrected chi connectivity index (χ1v) is 6.72. The fourth-order valence-electron chi connectivity index (χ4n) is 2.57. The molecule has 6 nitrogen and oxygen atoms in total. The molecule has 0 unspecified atom stereocenters. The predicted octanol–water partition coefficient (Wildman–Crippen LogP) is 3.42. The van der Waals surface area contributed by atoms with E-state index in [9.17, 15) is 14.9 Å². The minimum absolute atomic E-state index is 0.0932. The van der Waals surface area contributed by atoms with Crippen molar-refractivity contribution < 1.29 is 9.72 Å². The number of aryl methyl sites for hydroxylation is 1. The molecule has 1 aromatic carbocycles. The van der Waals surface area contributed by atoms with Crippen LogP contribution in [0.2, 0.25) is 0 Å². The molecule has 2 aromatic heterocycles. The van der Waals surface area contributed by atoms with Crippen LogP contribution in [-0.2, 0) is 0 Å². The molecule has 6 heteroatoms. The molecule has 0 saturated carbocycles. The average molecular weight is 295 g/mol. The van der Waals surface area contributed by atoms with Crippen LogP contribution in [0.4, 0.5) is 5.69 Å². The Labute approximate surface area is 126 Å². The normalized spacial score (nSPS) is 10.8. The van der Waals surface area contributed by atoms with Gasteiger partial charge < -0.3 is 0 Å². The van der Waals surface area contributed by atoms with Crippen molar-refractivity contribution in [1.82, 2.24) is 9.38 Å². The first kappa shape index (κ1) is 13.9. The molecule has 3 aromatic rings. The highest BCUT2D eigenvalue weighted by molar-refractivity contribution is 5.94. The van der Waals surface area contributed by atoms with Crippen molar-refractivity contribution in [2.24, 2.45) is 0 Å². The summed E-state index contributed by atoms with van der Waals surface area (Å²) in [6.45, 7) is 3.31. The lowest BCUT2D eigenvalue weighted by Crippen LogP contribution is -2.02. The summed E-state index contributed by atoms with van der Waals surface area (Å²) in [6, 6.07) is 9.11. The maximum Gasteiger partial charge on any atom is 0.320 e. The van der Waals surface area contributed by atoms with Gasteiger partial charge in [0.1, 0.15) is 5.69 Å². The third-order valence-electron chi connectivity index (χ3n) is 3.63. The summed E-state index contributed by atoms with van der Waals surface area (Å²) in [6.07, 6.45) is 3.01. The fraction of sp³-hybridized carbons (Fsp3) is 0.125. The molecule has 0 aliphatic heterocycles. The Morgan fingerprint density at radius 2 is 1.95 bits per heavy atom. The van der Waals surface area contributed by atoms with E-state index in [0.717, 1.165) is 11.1 Å². The Bertz CT molecular complexity index is 912. The van der Waals surface area contributed by atoms with Crippen molar-refractivity contribution in [3.8, 4) is 11.1 Å². The van der Waals surface area contributed by atoms with E-state index in [4.69, 9.17) is 0 Å². The van der Waals surface area contributed by atoms with Gasteiger partial charge in [-0.3, -0.25) is 19.3 Å². The summed E-state index contributed by atoms with van der Waals surface area (Å²) in [5.74, 6) is -0.189. The number of benzene rings is 1. The summed E-state index contributed by atoms with van der Waals surface area (Å²) in [7, 11) is 0. The van der Waals surface area contributed by atoms with Crippen molar-refractivity contribution in [3.63, 3.8) is 0 Å². The summed E-state index contributed by atoms with van der Waals surface area (Å²) in [5, 5.41) is 11.6. The summed E-state index contributed by atoms with van der Waals surface area (Å²) in [5.41, 5.74) is 2.63. The van der Waals surface area contributed by atoms with E-state index in [1.165, 1.54) is 17.5 Å². The van der Waals surface area contributed by atoms with Gasteiger partial charge in [0, 0.05) is 13.1 Å². The van der Waals surface area contributed by atoms with Crippen molar-refractivity contribution >= 4 is 17.1 Å². The molecule has 3 rings (SSSR count). The van der Waals surface area contributed by atoms with Gasteiger partial charge in [-0.05, 0) is 24.1 Å². The monoisotopic (exact) mass is 295 g/mol. The average Bonchev–Trinajstić information content (AvgIpc) is 2.90. The summed E-state index contributed by atoms with van der Waals surface area (Å²) < 4.78 is 1.46. The van der Waals surface area contributed by atoms with Crippen molar-refractivity contribution in [1.29, 1.82) is 0 Å². The Kier molecular flexibility index (Phi) is 3.21. The zero-order valence-electron chi connectivity index (χ0n) is 12.1. The highest BCUT2D eigenvalue weighted by Crippen LogP contribution is 2.35. The second kappa shape index (κ2) is 5.07. The third kappa shape index (κ3) is 2.05. The Morgan fingerprint density at radius 1 is 1.23 bits per heavy atom. The van der Waals surface area contributed by atoms with Gasteiger partial charge in [0.2, 0.25) is 5.65 Å². The number of nitrogens with zero attached hydrogens (tertiary/aromatic N) is 3. The molecule has 0 bridgehead atoms. The second-order valence-electron chi connectivity index (χ2n) is 5.04. The number of rotatable bonds is 3. The molecule has 0 N–H and O–H groups in total. The number of Topliss-reactive ketones (excluding diaryl/α,β-unsaturated/α-hetero) is 1. The zero-order chi connectivity index (χ0) is 15.9. The quantitative estimate of drug-likeness (QED) is 0.421. The largest absolute Gasteiger partial charge is 0.320 e.